The molecular weight excluding hydrogens is 300 g/mol. The Bertz CT molecular complexity index is 559. The first-order chi connectivity index (χ1) is 10.9. The van der Waals surface area contributed by atoms with Gasteiger partial charge in [0.2, 0.25) is 0 Å². The fourth-order valence-corrected chi connectivity index (χ4v) is 1.82. The molecule has 0 fully saturated rings. The molecule has 0 heterocycles. The highest BCUT2D eigenvalue weighted by molar-refractivity contribution is 5.89. The molecule has 1 atom stereocenters. The van der Waals surface area contributed by atoms with E-state index in [9.17, 15) is 14.4 Å². The van der Waals surface area contributed by atoms with E-state index in [2.05, 4.69) is 15.4 Å². The highest BCUT2D eigenvalue weighted by Crippen LogP contribution is 2.11. The summed E-state index contributed by atoms with van der Waals surface area (Å²) in [6.07, 6.45) is 0.566. The Hall–Kier alpha value is -2.57. The van der Waals surface area contributed by atoms with Gasteiger partial charge in [-0.1, -0.05) is 19.1 Å². The van der Waals surface area contributed by atoms with Gasteiger partial charge in [-0.05, 0) is 17.7 Å². The molecular formula is C16H22N2O5. The minimum Gasteiger partial charge on any atom is -0.469 e. The van der Waals surface area contributed by atoms with E-state index in [0.717, 1.165) is 5.56 Å². The molecule has 0 saturated carbocycles. The van der Waals surface area contributed by atoms with Gasteiger partial charge in [0.1, 0.15) is 0 Å². The molecule has 0 aliphatic heterocycles. The number of methoxy groups -OCH3 is 1. The highest BCUT2D eigenvalue weighted by Gasteiger charge is 2.14. The monoisotopic (exact) mass is 322 g/mol. The van der Waals surface area contributed by atoms with Crippen molar-refractivity contribution < 1.29 is 23.9 Å². The maximum absolute atomic E-state index is 11.8. The van der Waals surface area contributed by atoms with Crippen LogP contribution in [0.5, 0.6) is 0 Å². The molecule has 0 bridgehead atoms. The zero-order valence-electron chi connectivity index (χ0n) is 13.5. The first-order valence-corrected chi connectivity index (χ1v) is 7.27. The second-order valence-electron chi connectivity index (χ2n) is 5.05. The van der Waals surface area contributed by atoms with Crippen molar-refractivity contribution in [2.24, 2.45) is 5.92 Å². The van der Waals surface area contributed by atoms with Crippen molar-refractivity contribution >= 4 is 23.7 Å². The maximum Gasteiger partial charge on any atom is 0.319 e. The second-order valence-corrected chi connectivity index (χ2v) is 5.05. The first-order valence-electron chi connectivity index (χ1n) is 7.27. The summed E-state index contributed by atoms with van der Waals surface area (Å²) in [5.74, 6) is -1.11. The lowest BCUT2D eigenvalue weighted by Crippen LogP contribution is -2.35. The number of urea groups is 1. The third kappa shape index (κ3) is 7.30. The van der Waals surface area contributed by atoms with Crippen LogP contribution in [0.15, 0.2) is 24.3 Å². The summed E-state index contributed by atoms with van der Waals surface area (Å²) in [6, 6.07) is 6.82. The smallest absolute Gasteiger partial charge is 0.319 e. The van der Waals surface area contributed by atoms with E-state index in [0.29, 0.717) is 18.7 Å². The van der Waals surface area contributed by atoms with Crippen LogP contribution < -0.4 is 10.6 Å². The Morgan fingerprint density at radius 2 is 2.00 bits per heavy atom. The van der Waals surface area contributed by atoms with Gasteiger partial charge in [-0.2, -0.15) is 0 Å². The van der Waals surface area contributed by atoms with Crippen LogP contribution in [-0.4, -0.2) is 38.2 Å². The van der Waals surface area contributed by atoms with Crippen molar-refractivity contribution in [3.05, 3.63) is 29.8 Å². The average Bonchev–Trinajstić information content (AvgIpc) is 2.51. The number of anilines is 1. The molecule has 2 amide bonds. The second kappa shape index (κ2) is 9.45. The standard InChI is InChI=1S/C16H22N2O5/c1-11(15(20)22-3)10-17-16(21)18-14-6-4-5-13(9-14)7-8-23-12(2)19/h4-6,9,11H,7-8,10H2,1-3H3,(H2,17,18,21)/t11-/m1/s1. The van der Waals surface area contributed by atoms with Gasteiger partial charge in [-0.15, -0.1) is 0 Å². The summed E-state index contributed by atoms with van der Waals surface area (Å²) in [7, 11) is 1.31. The lowest BCUT2D eigenvalue weighted by molar-refractivity contribution is -0.144. The van der Waals surface area contributed by atoms with Crippen LogP contribution in [0, 0.1) is 5.92 Å². The third-order valence-electron chi connectivity index (χ3n) is 3.05. The van der Waals surface area contributed by atoms with Crippen molar-refractivity contribution in [3.63, 3.8) is 0 Å². The number of hydrogen-bond acceptors (Lipinski definition) is 5. The molecule has 0 saturated heterocycles. The molecule has 0 aromatic heterocycles. The van der Waals surface area contributed by atoms with E-state index in [1.807, 2.05) is 6.07 Å². The van der Waals surface area contributed by atoms with Gasteiger partial charge in [0, 0.05) is 25.6 Å². The molecule has 0 radical (unpaired) electrons. The van der Waals surface area contributed by atoms with Crippen molar-refractivity contribution in [3.8, 4) is 0 Å². The van der Waals surface area contributed by atoms with Crippen LogP contribution in [0.3, 0.4) is 0 Å². The van der Waals surface area contributed by atoms with Crippen LogP contribution in [0.25, 0.3) is 0 Å². The molecule has 23 heavy (non-hydrogen) atoms. The van der Waals surface area contributed by atoms with Crippen molar-refractivity contribution in [1.29, 1.82) is 0 Å². The maximum atomic E-state index is 11.8. The molecule has 0 aliphatic carbocycles. The van der Waals surface area contributed by atoms with Gasteiger partial charge in [0.25, 0.3) is 0 Å². The predicted octanol–water partition coefficient (Wildman–Crippen LogP) is 1.72. The normalized spacial score (nSPS) is 11.3. The summed E-state index contributed by atoms with van der Waals surface area (Å²) >= 11 is 0. The first kappa shape index (κ1) is 18.5. The van der Waals surface area contributed by atoms with Crippen LogP contribution in [0.2, 0.25) is 0 Å². The number of hydrogen-bond donors (Lipinski definition) is 2. The number of esters is 2. The van der Waals surface area contributed by atoms with Gasteiger partial charge < -0.3 is 20.1 Å². The van der Waals surface area contributed by atoms with Crippen LogP contribution in [0.1, 0.15) is 19.4 Å². The van der Waals surface area contributed by atoms with Gasteiger partial charge in [0.05, 0.1) is 19.6 Å². The van der Waals surface area contributed by atoms with Crippen molar-refractivity contribution in [2.45, 2.75) is 20.3 Å². The number of rotatable bonds is 7. The van der Waals surface area contributed by atoms with Crippen molar-refractivity contribution in [1.82, 2.24) is 5.32 Å². The molecule has 7 nitrogen and oxygen atoms in total. The Kier molecular flexibility index (Phi) is 7.59. The Labute approximate surface area is 135 Å². The number of carbonyl (C=O) groups excluding carboxylic acids is 3. The van der Waals surface area contributed by atoms with E-state index in [4.69, 9.17) is 4.74 Å². The minimum atomic E-state index is -0.416. The van der Waals surface area contributed by atoms with Crippen LogP contribution in [-0.2, 0) is 25.5 Å². The molecule has 1 aromatic carbocycles. The van der Waals surface area contributed by atoms with E-state index >= 15 is 0 Å². The Morgan fingerprint density at radius 1 is 1.26 bits per heavy atom. The number of ether oxygens (including phenoxy) is 2. The summed E-state index contributed by atoms with van der Waals surface area (Å²) in [6.45, 7) is 3.51. The van der Waals surface area contributed by atoms with Crippen LogP contribution >= 0.6 is 0 Å². The summed E-state index contributed by atoms with van der Waals surface area (Å²) in [5, 5.41) is 5.29. The van der Waals surface area contributed by atoms with E-state index in [1.54, 1.807) is 25.1 Å². The lowest BCUT2D eigenvalue weighted by atomic mass is 10.1. The number of carbonyl (C=O) groups is 3. The SMILES string of the molecule is COC(=O)[C@H](C)CNC(=O)Nc1cccc(CCOC(C)=O)c1. The lowest BCUT2D eigenvalue weighted by Gasteiger charge is -2.12. The summed E-state index contributed by atoms with van der Waals surface area (Å²) in [5.41, 5.74) is 1.56. The van der Waals surface area contributed by atoms with Gasteiger partial charge >= 0.3 is 18.0 Å². The van der Waals surface area contributed by atoms with Gasteiger partial charge in [-0.25, -0.2) is 4.79 Å². The van der Waals surface area contributed by atoms with E-state index < -0.39 is 11.9 Å². The zero-order valence-corrected chi connectivity index (χ0v) is 13.5. The summed E-state index contributed by atoms with van der Waals surface area (Å²) < 4.78 is 9.47. The largest absolute Gasteiger partial charge is 0.469 e. The molecule has 7 heteroatoms. The van der Waals surface area contributed by atoms with E-state index in [1.165, 1.54) is 14.0 Å². The minimum absolute atomic E-state index is 0.185. The fraction of sp³-hybridized carbons (Fsp3) is 0.438. The Balaban J connectivity index is 2.45. The topological polar surface area (TPSA) is 93.7 Å². The molecule has 0 spiro atoms. The quantitative estimate of drug-likeness (QED) is 0.746. The molecule has 1 aromatic rings. The summed E-state index contributed by atoms with van der Waals surface area (Å²) in [4.78, 5) is 33.8. The van der Waals surface area contributed by atoms with Crippen LogP contribution in [0.4, 0.5) is 10.5 Å². The number of benzene rings is 1. The molecule has 2 N–H and O–H groups in total. The predicted molar refractivity (Wildman–Crippen MR) is 85.0 cm³/mol. The molecule has 126 valence electrons. The Morgan fingerprint density at radius 3 is 2.65 bits per heavy atom. The highest BCUT2D eigenvalue weighted by atomic mass is 16.5. The number of nitrogens with one attached hydrogen (secondary N) is 2. The average molecular weight is 322 g/mol. The zero-order chi connectivity index (χ0) is 17.2. The fourth-order valence-electron chi connectivity index (χ4n) is 1.82. The van der Waals surface area contributed by atoms with Crippen molar-refractivity contribution in [2.75, 3.05) is 25.6 Å². The van der Waals surface area contributed by atoms with Gasteiger partial charge in [0.15, 0.2) is 0 Å². The molecule has 1 rings (SSSR count). The molecule has 0 aliphatic rings. The third-order valence-corrected chi connectivity index (χ3v) is 3.05. The molecule has 0 unspecified atom stereocenters. The van der Waals surface area contributed by atoms with Gasteiger partial charge in [-0.3, -0.25) is 9.59 Å². The number of amides is 2. The van der Waals surface area contributed by atoms with E-state index in [-0.39, 0.29) is 18.5 Å².